The predicted molar refractivity (Wildman–Crippen MR) is 66.6 cm³/mol. The van der Waals surface area contributed by atoms with Crippen molar-refractivity contribution in [2.75, 3.05) is 32.7 Å². The fourth-order valence-corrected chi connectivity index (χ4v) is 1.72. The van der Waals surface area contributed by atoms with Crippen molar-refractivity contribution < 1.29 is 22.1 Å². The van der Waals surface area contributed by atoms with Crippen LogP contribution in [0.2, 0.25) is 0 Å². The highest BCUT2D eigenvalue weighted by Crippen LogP contribution is 2.04. The molecule has 0 aliphatic rings. The molecular weight excluding hydrogens is 244 g/mol. The molecule has 1 atom stereocenters. The number of hydrogen-bond acceptors (Lipinski definition) is 5. The van der Waals surface area contributed by atoms with Crippen molar-refractivity contribution in [3.05, 3.63) is 0 Å². The van der Waals surface area contributed by atoms with Crippen LogP contribution < -0.4 is 0 Å². The van der Waals surface area contributed by atoms with E-state index in [0.717, 1.165) is 32.1 Å². The highest BCUT2D eigenvalue weighted by atomic mass is 32.2. The SMILES string of the molecule is CCOC(C)CCCCOCCOS(C)(=O)=O. The van der Waals surface area contributed by atoms with E-state index in [1.165, 1.54) is 0 Å². The zero-order chi connectivity index (χ0) is 13.1. The second-order valence-corrected chi connectivity index (χ2v) is 5.54. The summed E-state index contributed by atoms with van der Waals surface area (Å²) < 4.78 is 36.4. The Bertz CT molecular complexity index is 263. The highest BCUT2D eigenvalue weighted by Gasteiger charge is 2.01. The Hall–Kier alpha value is -0.170. The Balaban J connectivity index is 3.19. The van der Waals surface area contributed by atoms with Crippen LogP contribution in [0, 0.1) is 0 Å². The molecule has 6 heteroatoms. The van der Waals surface area contributed by atoms with Gasteiger partial charge in [0.05, 0.1) is 25.6 Å². The van der Waals surface area contributed by atoms with Crippen LogP contribution in [0.3, 0.4) is 0 Å². The van der Waals surface area contributed by atoms with E-state index in [1.54, 1.807) is 0 Å². The summed E-state index contributed by atoms with van der Waals surface area (Å²) in [6, 6.07) is 0. The van der Waals surface area contributed by atoms with Crippen LogP contribution in [0.5, 0.6) is 0 Å². The smallest absolute Gasteiger partial charge is 0.264 e. The lowest BCUT2D eigenvalue weighted by Crippen LogP contribution is -2.11. The van der Waals surface area contributed by atoms with Gasteiger partial charge in [0, 0.05) is 13.2 Å². The van der Waals surface area contributed by atoms with Crippen molar-refractivity contribution in [1.29, 1.82) is 0 Å². The minimum absolute atomic E-state index is 0.0915. The van der Waals surface area contributed by atoms with E-state index < -0.39 is 10.1 Å². The quantitative estimate of drug-likeness (QED) is 0.420. The Morgan fingerprint density at radius 2 is 1.82 bits per heavy atom. The molecule has 0 amide bonds. The van der Waals surface area contributed by atoms with Crippen molar-refractivity contribution in [3.8, 4) is 0 Å². The lowest BCUT2D eigenvalue weighted by molar-refractivity contribution is 0.0627. The fraction of sp³-hybridized carbons (Fsp3) is 1.00. The summed E-state index contributed by atoms with van der Waals surface area (Å²) in [4.78, 5) is 0. The molecule has 0 radical (unpaired) electrons. The minimum Gasteiger partial charge on any atom is -0.379 e. The van der Waals surface area contributed by atoms with Crippen molar-refractivity contribution in [1.82, 2.24) is 0 Å². The Morgan fingerprint density at radius 3 is 2.41 bits per heavy atom. The molecule has 0 aromatic heterocycles. The van der Waals surface area contributed by atoms with Crippen LogP contribution in [0.4, 0.5) is 0 Å². The molecule has 0 rings (SSSR count). The first kappa shape index (κ1) is 16.8. The van der Waals surface area contributed by atoms with Crippen LogP contribution in [0.25, 0.3) is 0 Å². The maximum Gasteiger partial charge on any atom is 0.264 e. The van der Waals surface area contributed by atoms with Gasteiger partial charge in [-0.1, -0.05) is 0 Å². The molecule has 17 heavy (non-hydrogen) atoms. The van der Waals surface area contributed by atoms with Crippen molar-refractivity contribution in [2.45, 2.75) is 39.2 Å². The van der Waals surface area contributed by atoms with Gasteiger partial charge in [-0.05, 0) is 33.1 Å². The van der Waals surface area contributed by atoms with Gasteiger partial charge in [0.2, 0.25) is 0 Å². The van der Waals surface area contributed by atoms with Gasteiger partial charge in [0.15, 0.2) is 0 Å². The molecule has 0 aliphatic carbocycles. The monoisotopic (exact) mass is 268 g/mol. The fourth-order valence-electron chi connectivity index (χ4n) is 1.35. The summed E-state index contributed by atoms with van der Waals surface area (Å²) >= 11 is 0. The van der Waals surface area contributed by atoms with Gasteiger partial charge in [-0.2, -0.15) is 8.42 Å². The third-order valence-electron chi connectivity index (χ3n) is 2.13. The van der Waals surface area contributed by atoms with Crippen LogP contribution in [-0.2, 0) is 23.8 Å². The molecular formula is C11H24O5S. The largest absolute Gasteiger partial charge is 0.379 e. The number of unbranched alkanes of at least 4 members (excludes halogenated alkanes) is 1. The summed E-state index contributed by atoms with van der Waals surface area (Å²) in [6.07, 6.45) is 4.36. The molecule has 0 N–H and O–H groups in total. The molecule has 0 aromatic carbocycles. The van der Waals surface area contributed by atoms with Gasteiger partial charge in [0.1, 0.15) is 0 Å². The average Bonchev–Trinajstić information content (AvgIpc) is 2.21. The molecule has 0 saturated carbocycles. The third kappa shape index (κ3) is 13.8. The van der Waals surface area contributed by atoms with Crippen LogP contribution in [0.1, 0.15) is 33.1 Å². The second-order valence-electron chi connectivity index (χ2n) is 3.90. The van der Waals surface area contributed by atoms with E-state index in [0.29, 0.717) is 19.3 Å². The molecule has 0 aliphatic heterocycles. The molecule has 0 bridgehead atoms. The van der Waals surface area contributed by atoms with Crippen molar-refractivity contribution >= 4 is 10.1 Å². The van der Waals surface area contributed by atoms with Gasteiger partial charge in [0.25, 0.3) is 10.1 Å². The van der Waals surface area contributed by atoms with E-state index in [9.17, 15) is 8.42 Å². The Kier molecular flexibility index (Phi) is 9.72. The lowest BCUT2D eigenvalue weighted by Gasteiger charge is -2.10. The van der Waals surface area contributed by atoms with Gasteiger partial charge in [-0.15, -0.1) is 0 Å². The van der Waals surface area contributed by atoms with Crippen molar-refractivity contribution in [2.24, 2.45) is 0 Å². The predicted octanol–water partition coefficient (Wildman–Crippen LogP) is 1.57. The lowest BCUT2D eigenvalue weighted by atomic mass is 10.2. The van der Waals surface area contributed by atoms with Crippen molar-refractivity contribution in [3.63, 3.8) is 0 Å². The third-order valence-corrected chi connectivity index (χ3v) is 2.72. The maximum absolute atomic E-state index is 10.6. The topological polar surface area (TPSA) is 61.8 Å². The van der Waals surface area contributed by atoms with E-state index in [-0.39, 0.29) is 6.61 Å². The summed E-state index contributed by atoms with van der Waals surface area (Å²) in [5.74, 6) is 0. The number of hydrogen-bond donors (Lipinski definition) is 0. The minimum atomic E-state index is -3.34. The Labute approximate surface area is 105 Å². The first-order valence-corrected chi connectivity index (χ1v) is 7.81. The second kappa shape index (κ2) is 9.82. The molecule has 104 valence electrons. The van der Waals surface area contributed by atoms with Gasteiger partial charge >= 0.3 is 0 Å². The van der Waals surface area contributed by atoms with Gasteiger partial charge < -0.3 is 9.47 Å². The normalized spacial score (nSPS) is 13.8. The van der Waals surface area contributed by atoms with E-state index in [2.05, 4.69) is 11.1 Å². The zero-order valence-electron chi connectivity index (χ0n) is 11.0. The molecule has 0 fully saturated rings. The Morgan fingerprint density at radius 1 is 1.12 bits per heavy atom. The van der Waals surface area contributed by atoms with Gasteiger partial charge in [-0.25, -0.2) is 0 Å². The van der Waals surface area contributed by atoms with Crippen LogP contribution in [-0.4, -0.2) is 47.2 Å². The molecule has 1 unspecified atom stereocenters. The highest BCUT2D eigenvalue weighted by molar-refractivity contribution is 7.85. The summed E-state index contributed by atoms with van der Waals surface area (Å²) in [6.45, 7) is 5.83. The summed E-state index contributed by atoms with van der Waals surface area (Å²) in [5.41, 5.74) is 0. The molecule has 0 aromatic rings. The van der Waals surface area contributed by atoms with Gasteiger partial charge in [-0.3, -0.25) is 4.18 Å². The van der Waals surface area contributed by atoms with E-state index >= 15 is 0 Å². The molecule has 5 nitrogen and oxygen atoms in total. The average molecular weight is 268 g/mol. The first-order valence-electron chi connectivity index (χ1n) is 5.99. The van der Waals surface area contributed by atoms with E-state index in [1.807, 2.05) is 6.92 Å². The first-order chi connectivity index (χ1) is 7.95. The number of rotatable bonds is 11. The molecule has 0 heterocycles. The number of ether oxygens (including phenoxy) is 2. The standard InChI is InChI=1S/C11H24O5S/c1-4-15-11(2)7-5-6-8-14-9-10-16-17(3,12)13/h11H,4-10H2,1-3H3. The van der Waals surface area contributed by atoms with Crippen LogP contribution >= 0.6 is 0 Å². The summed E-state index contributed by atoms with van der Waals surface area (Å²) in [7, 11) is -3.34. The molecule has 0 saturated heterocycles. The van der Waals surface area contributed by atoms with Crippen LogP contribution in [0.15, 0.2) is 0 Å². The van der Waals surface area contributed by atoms with E-state index in [4.69, 9.17) is 9.47 Å². The summed E-state index contributed by atoms with van der Waals surface area (Å²) in [5, 5.41) is 0. The zero-order valence-corrected chi connectivity index (χ0v) is 11.8. The molecule has 0 spiro atoms. The maximum atomic E-state index is 10.6.